The summed E-state index contributed by atoms with van der Waals surface area (Å²) < 4.78 is 0. The van der Waals surface area contributed by atoms with E-state index in [0.717, 1.165) is 39.0 Å². The van der Waals surface area contributed by atoms with E-state index in [0.29, 0.717) is 18.6 Å². The van der Waals surface area contributed by atoms with E-state index in [9.17, 15) is 4.79 Å². The number of hydrogen-bond donors (Lipinski definition) is 4. The van der Waals surface area contributed by atoms with Gasteiger partial charge in [-0.05, 0) is 19.3 Å². The van der Waals surface area contributed by atoms with Crippen LogP contribution in [0.15, 0.2) is 5.16 Å². The van der Waals surface area contributed by atoms with Crippen LogP contribution in [0.4, 0.5) is 0 Å². The Hall–Kier alpha value is -1.63. The number of nitrogens with two attached hydrogens (primary N) is 1. The van der Waals surface area contributed by atoms with Crippen LogP contribution in [0.25, 0.3) is 0 Å². The lowest BCUT2D eigenvalue weighted by atomic mass is 9.92. The Morgan fingerprint density at radius 3 is 2.10 bits per heavy atom. The SMILES string of the molecule is CC(=O)O.CCCCCC(C(=O)NN)C(CCCC)=NO. The second-order valence-electron chi connectivity index (χ2n) is 4.77. The van der Waals surface area contributed by atoms with Crippen molar-refractivity contribution in [2.24, 2.45) is 16.9 Å². The number of carbonyl (C=O) groups is 2. The van der Waals surface area contributed by atoms with Gasteiger partial charge in [0.1, 0.15) is 0 Å². The predicted octanol–water partition coefficient (Wildman–Crippen LogP) is 2.28. The molecule has 0 rings (SSSR count). The summed E-state index contributed by atoms with van der Waals surface area (Å²) in [6, 6.07) is 0. The van der Waals surface area contributed by atoms with Gasteiger partial charge in [0.25, 0.3) is 5.97 Å². The minimum absolute atomic E-state index is 0.259. The van der Waals surface area contributed by atoms with Crippen LogP contribution >= 0.6 is 0 Å². The highest BCUT2D eigenvalue weighted by Gasteiger charge is 2.23. The van der Waals surface area contributed by atoms with Gasteiger partial charge < -0.3 is 10.3 Å². The smallest absolute Gasteiger partial charge is 0.300 e. The first-order valence-electron chi connectivity index (χ1n) is 7.35. The quantitative estimate of drug-likeness (QED) is 0.130. The molecule has 1 atom stereocenters. The van der Waals surface area contributed by atoms with Crippen LogP contribution in [0.2, 0.25) is 0 Å². The molecule has 0 aromatic rings. The van der Waals surface area contributed by atoms with E-state index in [1.165, 1.54) is 0 Å². The van der Waals surface area contributed by atoms with Gasteiger partial charge in [-0.15, -0.1) is 0 Å². The van der Waals surface area contributed by atoms with Crippen molar-refractivity contribution in [2.45, 2.75) is 65.7 Å². The molecule has 0 heterocycles. The van der Waals surface area contributed by atoms with Crippen LogP contribution in [-0.4, -0.2) is 27.9 Å². The molecule has 0 spiro atoms. The Labute approximate surface area is 126 Å². The fourth-order valence-electron chi connectivity index (χ4n) is 1.80. The maximum atomic E-state index is 11.6. The molecule has 0 aliphatic carbocycles. The van der Waals surface area contributed by atoms with Crippen molar-refractivity contribution in [3.63, 3.8) is 0 Å². The third-order valence-electron chi connectivity index (χ3n) is 2.87. The van der Waals surface area contributed by atoms with Gasteiger partial charge in [0, 0.05) is 6.92 Å². The monoisotopic (exact) mass is 303 g/mol. The highest BCUT2D eigenvalue weighted by Crippen LogP contribution is 2.16. The van der Waals surface area contributed by atoms with Crippen LogP contribution in [-0.2, 0) is 9.59 Å². The van der Waals surface area contributed by atoms with Crippen LogP contribution in [0.1, 0.15) is 65.7 Å². The second kappa shape index (κ2) is 14.8. The highest BCUT2D eigenvalue weighted by atomic mass is 16.4. The number of aliphatic carboxylic acids is 1. The van der Waals surface area contributed by atoms with Gasteiger partial charge in [-0.2, -0.15) is 0 Å². The maximum absolute atomic E-state index is 11.6. The minimum atomic E-state index is -0.833. The lowest BCUT2D eigenvalue weighted by Gasteiger charge is -2.16. The molecule has 5 N–H and O–H groups in total. The molecule has 124 valence electrons. The summed E-state index contributed by atoms with van der Waals surface area (Å²) in [4.78, 5) is 20.6. The van der Waals surface area contributed by atoms with E-state index >= 15 is 0 Å². The maximum Gasteiger partial charge on any atom is 0.300 e. The Balaban J connectivity index is 0. The topological polar surface area (TPSA) is 125 Å². The number of hydrazine groups is 1. The van der Waals surface area contributed by atoms with Crippen molar-refractivity contribution in [1.82, 2.24) is 5.43 Å². The third kappa shape index (κ3) is 13.1. The van der Waals surface area contributed by atoms with E-state index in [1.807, 2.05) is 0 Å². The zero-order chi connectivity index (χ0) is 16.7. The molecular formula is C14H29N3O4. The molecule has 0 saturated heterocycles. The Morgan fingerprint density at radius 1 is 1.19 bits per heavy atom. The predicted molar refractivity (Wildman–Crippen MR) is 82.0 cm³/mol. The number of carboxylic acids is 1. The molecule has 0 aliphatic rings. The van der Waals surface area contributed by atoms with Crippen LogP contribution in [0.3, 0.4) is 0 Å². The van der Waals surface area contributed by atoms with E-state index in [4.69, 9.17) is 21.0 Å². The van der Waals surface area contributed by atoms with E-state index in [1.54, 1.807) is 0 Å². The highest BCUT2D eigenvalue weighted by molar-refractivity contribution is 6.03. The minimum Gasteiger partial charge on any atom is -0.481 e. The molecule has 0 aliphatic heterocycles. The lowest BCUT2D eigenvalue weighted by molar-refractivity contribution is -0.134. The molecular weight excluding hydrogens is 274 g/mol. The summed E-state index contributed by atoms with van der Waals surface area (Å²) in [7, 11) is 0. The zero-order valence-electron chi connectivity index (χ0n) is 13.3. The molecule has 7 nitrogen and oxygen atoms in total. The van der Waals surface area contributed by atoms with Crippen LogP contribution < -0.4 is 11.3 Å². The van der Waals surface area contributed by atoms with E-state index in [-0.39, 0.29) is 11.8 Å². The summed E-state index contributed by atoms with van der Waals surface area (Å²) >= 11 is 0. The first kappa shape index (κ1) is 21.7. The summed E-state index contributed by atoms with van der Waals surface area (Å²) in [6.07, 6.45) is 6.38. The molecule has 0 bridgehead atoms. The Bertz CT molecular complexity index is 315. The molecule has 0 radical (unpaired) electrons. The molecule has 0 aromatic carbocycles. The van der Waals surface area contributed by atoms with Crippen molar-refractivity contribution in [1.29, 1.82) is 0 Å². The Kier molecular flexibility index (Phi) is 15.2. The van der Waals surface area contributed by atoms with Gasteiger partial charge in [0.15, 0.2) is 0 Å². The largest absolute Gasteiger partial charge is 0.481 e. The zero-order valence-corrected chi connectivity index (χ0v) is 13.3. The average Bonchev–Trinajstić information content (AvgIpc) is 2.44. The fraction of sp³-hybridized carbons (Fsp3) is 0.786. The second-order valence-corrected chi connectivity index (χ2v) is 4.77. The number of nitrogens with zero attached hydrogens (tertiary/aromatic N) is 1. The molecule has 1 unspecified atom stereocenters. The third-order valence-corrected chi connectivity index (χ3v) is 2.87. The summed E-state index contributed by atoms with van der Waals surface area (Å²) in [5.74, 6) is 3.68. The van der Waals surface area contributed by atoms with Crippen molar-refractivity contribution in [3.05, 3.63) is 0 Å². The lowest BCUT2D eigenvalue weighted by Crippen LogP contribution is -2.39. The Morgan fingerprint density at radius 2 is 1.71 bits per heavy atom. The summed E-state index contributed by atoms with van der Waals surface area (Å²) in [5.41, 5.74) is 2.70. The number of hydrogen-bond acceptors (Lipinski definition) is 5. The fourth-order valence-corrected chi connectivity index (χ4v) is 1.80. The van der Waals surface area contributed by atoms with E-state index in [2.05, 4.69) is 24.4 Å². The molecule has 0 saturated carbocycles. The number of unbranched alkanes of at least 4 members (excludes halogenated alkanes) is 3. The summed E-state index contributed by atoms with van der Waals surface area (Å²) in [6.45, 7) is 5.25. The van der Waals surface area contributed by atoms with Gasteiger partial charge in [0.05, 0.1) is 11.6 Å². The number of carboxylic acid groups (broad SMARTS) is 1. The number of carbonyl (C=O) groups excluding carboxylic acids is 1. The first-order chi connectivity index (χ1) is 9.94. The molecule has 0 fully saturated rings. The number of rotatable bonds is 9. The first-order valence-corrected chi connectivity index (χ1v) is 7.35. The van der Waals surface area contributed by atoms with Gasteiger partial charge in [0.2, 0.25) is 5.91 Å². The van der Waals surface area contributed by atoms with Gasteiger partial charge >= 0.3 is 0 Å². The van der Waals surface area contributed by atoms with Crippen molar-refractivity contribution < 1.29 is 19.9 Å². The normalized spacial score (nSPS) is 12.1. The molecule has 0 aromatic heterocycles. The standard InChI is InChI=1S/C12H25N3O2.C2H4O2/c1-3-5-7-8-10(12(16)14-13)11(15-17)9-6-4-2;1-2(3)4/h10,17H,3-9,13H2,1-2H3,(H,14,16);1H3,(H,3,4). The summed E-state index contributed by atoms with van der Waals surface area (Å²) in [5, 5.41) is 19.7. The van der Waals surface area contributed by atoms with Gasteiger partial charge in [-0.25, -0.2) is 5.84 Å². The number of oxime groups is 1. The van der Waals surface area contributed by atoms with Crippen LogP contribution in [0, 0.1) is 5.92 Å². The molecule has 21 heavy (non-hydrogen) atoms. The van der Waals surface area contributed by atoms with Gasteiger partial charge in [-0.1, -0.05) is 44.7 Å². The van der Waals surface area contributed by atoms with Gasteiger partial charge in [-0.3, -0.25) is 15.0 Å². The molecule has 1 amide bonds. The van der Waals surface area contributed by atoms with Crippen molar-refractivity contribution >= 4 is 17.6 Å². The number of amides is 1. The van der Waals surface area contributed by atoms with Crippen molar-refractivity contribution in [3.8, 4) is 0 Å². The number of nitrogens with one attached hydrogen (secondary N) is 1. The van der Waals surface area contributed by atoms with Crippen LogP contribution in [0.5, 0.6) is 0 Å². The van der Waals surface area contributed by atoms with E-state index < -0.39 is 5.97 Å². The average molecular weight is 303 g/mol. The van der Waals surface area contributed by atoms with Crippen molar-refractivity contribution in [2.75, 3.05) is 0 Å². The molecule has 7 heteroatoms.